The zero-order valence-corrected chi connectivity index (χ0v) is 7.51. The van der Waals surface area contributed by atoms with Gasteiger partial charge in [-0.25, -0.2) is 12.8 Å². The Morgan fingerprint density at radius 2 is 2.00 bits per heavy atom. The summed E-state index contributed by atoms with van der Waals surface area (Å²) in [6.07, 6.45) is 0. The third-order valence-corrected chi connectivity index (χ3v) is 2.53. The minimum absolute atomic E-state index is 0.0976. The summed E-state index contributed by atoms with van der Waals surface area (Å²) in [4.78, 5) is 1.62. The molecular formula is C7H9FN2O2S. The van der Waals surface area contributed by atoms with Gasteiger partial charge in [0.1, 0.15) is 5.82 Å². The van der Waals surface area contributed by atoms with Gasteiger partial charge in [0.25, 0.3) is 0 Å². The third kappa shape index (κ3) is 2.76. The van der Waals surface area contributed by atoms with Crippen LogP contribution in [-0.4, -0.2) is 8.42 Å². The van der Waals surface area contributed by atoms with Crippen LogP contribution in [0.5, 0.6) is 0 Å². The van der Waals surface area contributed by atoms with Crippen LogP contribution < -0.4 is 10.7 Å². The van der Waals surface area contributed by atoms with Crippen molar-refractivity contribution in [2.75, 3.05) is 0 Å². The van der Waals surface area contributed by atoms with Gasteiger partial charge >= 0.3 is 0 Å². The lowest BCUT2D eigenvalue weighted by Gasteiger charge is -2.02. The molecule has 1 rings (SSSR count). The fourth-order valence-corrected chi connectivity index (χ4v) is 1.59. The van der Waals surface area contributed by atoms with Crippen molar-refractivity contribution in [3.05, 3.63) is 35.6 Å². The summed E-state index contributed by atoms with van der Waals surface area (Å²) in [6.45, 7) is 0. The van der Waals surface area contributed by atoms with E-state index in [1.54, 1.807) is 10.9 Å². The van der Waals surface area contributed by atoms with Crippen LogP contribution in [0.25, 0.3) is 0 Å². The Kier molecular flexibility index (Phi) is 2.97. The Balaban J connectivity index is 2.93. The molecule has 4 nitrogen and oxygen atoms in total. The summed E-state index contributed by atoms with van der Waals surface area (Å²) < 4.78 is 34.8. The van der Waals surface area contributed by atoms with Gasteiger partial charge in [0.05, 0.1) is 5.75 Å². The first-order valence-electron chi connectivity index (χ1n) is 3.48. The number of benzene rings is 1. The maximum Gasteiger partial charge on any atom is 0.228 e. The van der Waals surface area contributed by atoms with Gasteiger partial charge in [-0.1, -0.05) is 18.2 Å². The van der Waals surface area contributed by atoms with E-state index in [-0.39, 0.29) is 5.56 Å². The van der Waals surface area contributed by atoms with Gasteiger partial charge in [0, 0.05) is 5.56 Å². The minimum Gasteiger partial charge on any atom is -0.258 e. The van der Waals surface area contributed by atoms with Crippen LogP contribution in [0, 0.1) is 5.82 Å². The van der Waals surface area contributed by atoms with Crippen LogP contribution >= 0.6 is 0 Å². The topological polar surface area (TPSA) is 72.2 Å². The van der Waals surface area contributed by atoms with Gasteiger partial charge in [-0.05, 0) is 6.07 Å². The summed E-state index contributed by atoms with van der Waals surface area (Å²) >= 11 is 0. The van der Waals surface area contributed by atoms with Crippen LogP contribution in [0.1, 0.15) is 5.56 Å². The van der Waals surface area contributed by atoms with Crippen molar-refractivity contribution in [1.82, 2.24) is 4.83 Å². The summed E-state index contributed by atoms with van der Waals surface area (Å²) in [5.74, 6) is 3.74. The lowest BCUT2D eigenvalue weighted by atomic mass is 10.2. The highest BCUT2D eigenvalue weighted by atomic mass is 32.2. The number of nitrogens with one attached hydrogen (secondary N) is 1. The molecule has 3 N–H and O–H groups in total. The standard InChI is InChI=1S/C7H9FN2O2S/c8-7-4-2-1-3-6(7)5-13(11,12)10-9/h1-4,10H,5,9H2. The number of rotatable bonds is 3. The van der Waals surface area contributed by atoms with E-state index in [1.807, 2.05) is 0 Å². The first-order valence-corrected chi connectivity index (χ1v) is 5.14. The van der Waals surface area contributed by atoms with Gasteiger partial charge in [-0.3, -0.25) is 5.84 Å². The van der Waals surface area contributed by atoms with E-state index in [0.29, 0.717) is 0 Å². The Morgan fingerprint density at radius 3 is 2.54 bits per heavy atom. The molecule has 0 unspecified atom stereocenters. The van der Waals surface area contributed by atoms with Crippen LogP contribution in [0.15, 0.2) is 24.3 Å². The predicted octanol–water partition coefficient (Wildman–Crippen LogP) is 0.119. The van der Waals surface area contributed by atoms with Gasteiger partial charge in [-0.15, -0.1) is 0 Å². The molecule has 0 aliphatic carbocycles. The summed E-state index contributed by atoms with van der Waals surface area (Å²) in [5, 5.41) is 0. The van der Waals surface area contributed by atoms with Gasteiger partial charge in [-0.2, -0.15) is 4.83 Å². The Bertz CT molecular complexity index is 391. The molecule has 0 saturated carbocycles. The van der Waals surface area contributed by atoms with E-state index < -0.39 is 21.6 Å². The van der Waals surface area contributed by atoms with Crippen molar-refractivity contribution in [2.45, 2.75) is 5.75 Å². The number of halogens is 1. The molecule has 0 aliphatic rings. The highest BCUT2D eigenvalue weighted by Gasteiger charge is 2.11. The smallest absolute Gasteiger partial charge is 0.228 e. The molecule has 1 aromatic rings. The summed E-state index contributed by atoms with van der Waals surface area (Å²) in [5.41, 5.74) is 0.0976. The van der Waals surface area contributed by atoms with E-state index >= 15 is 0 Å². The second kappa shape index (κ2) is 3.82. The molecule has 0 heterocycles. The highest BCUT2D eigenvalue weighted by Crippen LogP contribution is 2.08. The quantitative estimate of drug-likeness (QED) is 0.542. The first-order chi connectivity index (χ1) is 6.05. The maximum atomic E-state index is 12.9. The fraction of sp³-hybridized carbons (Fsp3) is 0.143. The van der Waals surface area contributed by atoms with E-state index in [2.05, 4.69) is 0 Å². The second-order valence-corrected chi connectivity index (χ2v) is 4.22. The molecule has 0 atom stereocenters. The molecule has 0 aliphatic heterocycles. The monoisotopic (exact) mass is 204 g/mol. The Hall–Kier alpha value is -0.980. The van der Waals surface area contributed by atoms with Gasteiger partial charge < -0.3 is 0 Å². The average Bonchev–Trinajstić information content (AvgIpc) is 2.09. The normalized spacial score (nSPS) is 11.5. The van der Waals surface area contributed by atoms with E-state index in [9.17, 15) is 12.8 Å². The van der Waals surface area contributed by atoms with Crippen molar-refractivity contribution in [3.63, 3.8) is 0 Å². The summed E-state index contributed by atoms with van der Waals surface area (Å²) in [7, 11) is -3.61. The van der Waals surface area contributed by atoms with E-state index in [4.69, 9.17) is 5.84 Å². The molecule has 0 fully saturated rings. The van der Waals surface area contributed by atoms with Crippen LogP contribution in [0.2, 0.25) is 0 Å². The zero-order valence-electron chi connectivity index (χ0n) is 6.70. The van der Waals surface area contributed by atoms with E-state index in [0.717, 1.165) is 0 Å². The molecule has 0 saturated heterocycles. The molecule has 0 aromatic heterocycles. The van der Waals surface area contributed by atoms with Crippen molar-refractivity contribution in [3.8, 4) is 0 Å². The molecule has 0 radical (unpaired) electrons. The minimum atomic E-state index is -3.61. The molecule has 0 bridgehead atoms. The van der Waals surface area contributed by atoms with E-state index in [1.165, 1.54) is 18.2 Å². The lowest BCUT2D eigenvalue weighted by Crippen LogP contribution is -2.31. The highest BCUT2D eigenvalue weighted by molar-refractivity contribution is 7.88. The second-order valence-electron chi connectivity index (χ2n) is 2.47. The third-order valence-electron chi connectivity index (χ3n) is 1.48. The van der Waals surface area contributed by atoms with Crippen molar-refractivity contribution in [1.29, 1.82) is 0 Å². The fourth-order valence-electron chi connectivity index (χ4n) is 0.862. The Morgan fingerprint density at radius 1 is 1.38 bits per heavy atom. The zero-order chi connectivity index (χ0) is 9.90. The molecule has 0 amide bonds. The molecular weight excluding hydrogens is 195 g/mol. The number of hydrazine groups is 1. The van der Waals surface area contributed by atoms with Crippen LogP contribution in [-0.2, 0) is 15.8 Å². The van der Waals surface area contributed by atoms with Crippen molar-refractivity contribution in [2.24, 2.45) is 5.84 Å². The number of hydrogen-bond acceptors (Lipinski definition) is 3. The largest absolute Gasteiger partial charge is 0.258 e. The number of sulfonamides is 1. The number of hydrogen-bond donors (Lipinski definition) is 2. The van der Waals surface area contributed by atoms with Crippen LogP contribution in [0.4, 0.5) is 4.39 Å². The molecule has 72 valence electrons. The predicted molar refractivity (Wildman–Crippen MR) is 46.3 cm³/mol. The number of nitrogens with two attached hydrogens (primary N) is 1. The SMILES string of the molecule is NNS(=O)(=O)Cc1ccccc1F. The lowest BCUT2D eigenvalue weighted by molar-refractivity contribution is 0.577. The first kappa shape index (κ1) is 10.1. The van der Waals surface area contributed by atoms with Crippen LogP contribution in [0.3, 0.4) is 0 Å². The summed E-state index contributed by atoms with van der Waals surface area (Å²) in [6, 6.07) is 5.64. The van der Waals surface area contributed by atoms with Crippen molar-refractivity contribution < 1.29 is 12.8 Å². The maximum absolute atomic E-state index is 12.9. The Labute approximate surface area is 75.6 Å². The van der Waals surface area contributed by atoms with Crippen molar-refractivity contribution >= 4 is 10.0 Å². The molecule has 0 spiro atoms. The molecule has 6 heteroatoms. The average molecular weight is 204 g/mol. The molecule has 1 aromatic carbocycles. The molecule has 13 heavy (non-hydrogen) atoms. The van der Waals surface area contributed by atoms with Gasteiger partial charge in [0.15, 0.2) is 0 Å². The van der Waals surface area contributed by atoms with Gasteiger partial charge in [0.2, 0.25) is 10.0 Å².